The number of nitrogens with one attached hydrogen (secondary N) is 1. The van der Waals surface area contributed by atoms with Crippen LogP contribution in [-0.2, 0) is 9.59 Å². The smallest absolute Gasteiger partial charge is 0.223 e. The van der Waals surface area contributed by atoms with Gasteiger partial charge in [-0.25, -0.2) is 0 Å². The van der Waals surface area contributed by atoms with Crippen molar-refractivity contribution >= 4 is 23.0 Å². The van der Waals surface area contributed by atoms with Crippen LogP contribution in [-0.4, -0.2) is 11.7 Å². The minimum Gasteiger partial charge on any atom is -0.348 e. The fraction of sp³-hybridized carbons (Fsp3) is 0.600. The van der Waals surface area contributed by atoms with Crippen molar-refractivity contribution in [3.8, 4) is 0 Å². The van der Waals surface area contributed by atoms with Gasteiger partial charge in [0.25, 0.3) is 0 Å². The van der Waals surface area contributed by atoms with Gasteiger partial charge in [-0.15, -0.1) is 11.3 Å². The first-order chi connectivity index (χ1) is 9.08. The van der Waals surface area contributed by atoms with Crippen molar-refractivity contribution in [3.63, 3.8) is 0 Å². The molecular formula is C15H21NO2S. The van der Waals surface area contributed by atoms with Crippen molar-refractivity contribution in [2.24, 2.45) is 11.8 Å². The van der Waals surface area contributed by atoms with E-state index in [1.54, 1.807) is 11.3 Å². The lowest BCUT2D eigenvalue weighted by Gasteiger charge is -2.26. The van der Waals surface area contributed by atoms with E-state index < -0.39 is 0 Å². The summed E-state index contributed by atoms with van der Waals surface area (Å²) in [6.07, 6.45) is 2.53. The molecule has 104 valence electrons. The van der Waals surface area contributed by atoms with Gasteiger partial charge in [-0.3, -0.25) is 9.59 Å². The molecule has 1 heterocycles. The highest BCUT2D eigenvalue weighted by atomic mass is 32.1. The van der Waals surface area contributed by atoms with Crippen molar-refractivity contribution in [3.05, 3.63) is 22.4 Å². The highest BCUT2D eigenvalue weighted by Gasteiger charge is 2.27. The highest BCUT2D eigenvalue weighted by molar-refractivity contribution is 7.10. The van der Waals surface area contributed by atoms with Crippen molar-refractivity contribution in [2.45, 2.75) is 45.6 Å². The third kappa shape index (κ3) is 3.66. The summed E-state index contributed by atoms with van der Waals surface area (Å²) in [5.74, 6) is 0.786. The molecule has 1 N–H and O–H groups in total. The molecule has 1 fully saturated rings. The average molecular weight is 279 g/mol. The summed E-state index contributed by atoms with van der Waals surface area (Å²) in [5.41, 5.74) is 0. The first kappa shape index (κ1) is 14.3. The Hall–Kier alpha value is -1.16. The standard InChI is InChI=1S/C15H21NO2S/c1-10(2)14(13-4-3-9-19-13)16-15(18)11-5-7-12(17)8-6-11/h3-4,9-11,14H,5-8H2,1-2H3,(H,16,18)/t14-/m1/s1. The van der Waals surface area contributed by atoms with E-state index in [1.165, 1.54) is 4.88 Å². The first-order valence-electron chi connectivity index (χ1n) is 6.93. The predicted octanol–water partition coefficient (Wildman–Crippen LogP) is 3.32. The molecule has 1 aromatic heterocycles. The monoisotopic (exact) mass is 279 g/mol. The Morgan fingerprint density at radius 1 is 1.37 bits per heavy atom. The Morgan fingerprint density at radius 2 is 2.05 bits per heavy atom. The molecule has 4 heteroatoms. The van der Waals surface area contributed by atoms with Crippen molar-refractivity contribution in [1.29, 1.82) is 0 Å². The van der Waals surface area contributed by atoms with E-state index in [0.29, 0.717) is 37.4 Å². The molecule has 3 nitrogen and oxygen atoms in total. The second-order valence-corrected chi connectivity index (χ2v) is 6.54. The van der Waals surface area contributed by atoms with Crippen molar-refractivity contribution < 1.29 is 9.59 Å². The van der Waals surface area contributed by atoms with Crippen LogP contribution in [0.2, 0.25) is 0 Å². The molecule has 1 aliphatic rings. The summed E-state index contributed by atoms with van der Waals surface area (Å²) in [6, 6.07) is 4.17. The van der Waals surface area contributed by atoms with Gasteiger partial charge in [-0.2, -0.15) is 0 Å². The number of hydrogen-bond donors (Lipinski definition) is 1. The van der Waals surface area contributed by atoms with Crippen LogP contribution in [0, 0.1) is 11.8 Å². The van der Waals surface area contributed by atoms with Crippen LogP contribution in [0.15, 0.2) is 17.5 Å². The number of Topliss-reactive ketones (excluding diaryl/α,β-unsaturated/α-hetero) is 1. The summed E-state index contributed by atoms with van der Waals surface area (Å²) in [5, 5.41) is 5.20. The number of carbonyl (C=O) groups excluding carboxylic acids is 2. The predicted molar refractivity (Wildman–Crippen MR) is 77.0 cm³/mol. The molecule has 1 saturated carbocycles. The van der Waals surface area contributed by atoms with E-state index in [4.69, 9.17) is 0 Å². The van der Waals surface area contributed by atoms with Crippen molar-refractivity contribution in [1.82, 2.24) is 5.32 Å². The minimum atomic E-state index is 0.0129. The van der Waals surface area contributed by atoms with Crippen LogP contribution in [0.25, 0.3) is 0 Å². The molecule has 0 saturated heterocycles. The number of amides is 1. The van der Waals surface area contributed by atoms with Gasteiger partial charge in [-0.05, 0) is 30.2 Å². The Kier molecular flexibility index (Phi) is 4.75. The van der Waals surface area contributed by atoms with Gasteiger partial charge in [0.2, 0.25) is 5.91 Å². The zero-order valence-corrected chi connectivity index (χ0v) is 12.3. The average Bonchev–Trinajstić information content (AvgIpc) is 2.89. The van der Waals surface area contributed by atoms with Gasteiger partial charge in [-0.1, -0.05) is 19.9 Å². The van der Waals surface area contributed by atoms with Crippen LogP contribution < -0.4 is 5.32 Å². The fourth-order valence-corrected chi connectivity index (χ4v) is 3.46. The molecule has 1 amide bonds. The Morgan fingerprint density at radius 3 is 2.58 bits per heavy atom. The number of thiophene rings is 1. The lowest BCUT2D eigenvalue weighted by atomic mass is 9.87. The molecule has 2 rings (SSSR count). The van der Waals surface area contributed by atoms with E-state index in [0.717, 1.165) is 0 Å². The summed E-state index contributed by atoms with van der Waals surface area (Å²) >= 11 is 1.68. The van der Waals surface area contributed by atoms with Crippen LogP contribution in [0.5, 0.6) is 0 Å². The molecule has 1 atom stereocenters. The number of carbonyl (C=O) groups is 2. The molecule has 0 unspecified atom stereocenters. The molecule has 0 radical (unpaired) electrons. The SMILES string of the molecule is CC(C)[C@@H](NC(=O)C1CCC(=O)CC1)c1cccs1. The molecule has 1 aromatic rings. The van der Waals surface area contributed by atoms with Crippen molar-refractivity contribution in [2.75, 3.05) is 0 Å². The third-order valence-electron chi connectivity index (χ3n) is 3.73. The second kappa shape index (κ2) is 6.33. The molecule has 0 spiro atoms. The zero-order valence-electron chi connectivity index (χ0n) is 11.5. The highest BCUT2D eigenvalue weighted by Crippen LogP contribution is 2.28. The maximum atomic E-state index is 12.3. The fourth-order valence-electron chi connectivity index (χ4n) is 2.51. The maximum absolute atomic E-state index is 12.3. The van der Waals surface area contributed by atoms with E-state index in [1.807, 2.05) is 11.4 Å². The number of ketones is 1. The summed E-state index contributed by atoms with van der Waals surface area (Å²) in [7, 11) is 0. The lowest BCUT2D eigenvalue weighted by molar-refractivity contribution is -0.129. The second-order valence-electron chi connectivity index (χ2n) is 5.56. The summed E-state index contributed by atoms with van der Waals surface area (Å²) in [4.78, 5) is 24.7. The quantitative estimate of drug-likeness (QED) is 0.919. The van der Waals surface area contributed by atoms with E-state index >= 15 is 0 Å². The molecular weight excluding hydrogens is 258 g/mol. The largest absolute Gasteiger partial charge is 0.348 e. The van der Waals surface area contributed by atoms with Gasteiger partial charge in [0.1, 0.15) is 5.78 Å². The minimum absolute atomic E-state index is 0.0129. The zero-order chi connectivity index (χ0) is 13.8. The number of rotatable bonds is 4. The van der Waals surface area contributed by atoms with Crippen LogP contribution in [0.1, 0.15) is 50.4 Å². The topological polar surface area (TPSA) is 46.2 Å². The lowest BCUT2D eigenvalue weighted by Crippen LogP contribution is -2.37. The van der Waals surface area contributed by atoms with Gasteiger partial charge in [0.05, 0.1) is 6.04 Å². The normalized spacial score (nSPS) is 18.6. The van der Waals surface area contributed by atoms with E-state index in [2.05, 4.69) is 25.2 Å². The van der Waals surface area contributed by atoms with Crippen LogP contribution in [0.4, 0.5) is 0 Å². The maximum Gasteiger partial charge on any atom is 0.223 e. The molecule has 19 heavy (non-hydrogen) atoms. The molecule has 0 bridgehead atoms. The van der Waals surface area contributed by atoms with Crippen LogP contribution in [0.3, 0.4) is 0 Å². The Balaban J connectivity index is 1.98. The molecule has 0 aromatic carbocycles. The Labute approximate surface area is 118 Å². The van der Waals surface area contributed by atoms with E-state index in [9.17, 15) is 9.59 Å². The molecule has 1 aliphatic carbocycles. The van der Waals surface area contributed by atoms with Gasteiger partial charge in [0, 0.05) is 23.6 Å². The Bertz CT molecular complexity index is 429. The summed E-state index contributed by atoms with van der Waals surface area (Å²) in [6.45, 7) is 4.24. The molecule has 0 aliphatic heterocycles. The van der Waals surface area contributed by atoms with Gasteiger partial charge >= 0.3 is 0 Å². The third-order valence-corrected chi connectivity index (χ3v) is 4.68. The number of hydrogen-bond acceptors (Lipinski definition) is 3. The van der Waals surface area contributed by atoms with Gasteiger partial charge < -0.3 is 5.32 Å². The summed E-state index contributed by atoms with van der Waals surface area (Å²) < 4.78 is 0. The van der Waals surface area contributed by atoms with Crippen LogP contribution >= 0.6 is 11.3 Å². The van der Waals surface area contributed by atoms with E-state index in [-0.39, 0.29) is 17.9 Å². The first-order valence-corrected chi connectivity index (χ1v) is 7.81. The van der Waals surface area contributed by atoms with Gasteiger partial charge in [0.15, 0.2) is 0 Å².